The van der Waals surface area contributed by atoms with Crippen molar-refractivity contribution in [2.24, 2.45) is 0 Å². The number of aryl methyl sites for hydroxylation is 1. The van der Waals surface area contributed by atoms with Crippen molar-refractivity contribution in [3.05, 3.63) is 72.3 Å². The molecule has 1 aromatic carbocycles. The number of nitrogens with one attached hydrogen (secondary N) is 1. The molecule has 3 rings (SSSR count). The number of pyridine rings is 1. The lowest BCUT2D eigenvalue weighted by molar-refractivity contribution is 0.246. The van der Waals surface area contributed by atoms with Crippen LogP contribution in [0, 0.1) is 6.92 Å². The van der Waals surface area contributed by atoms with Crippen LogP contribution >= 0.6 is 0 Å². The molecule has 2 aromatic heterocycles. The van der Waals surface area contributed by atoms with Gasteiger partial charge in [-0.05, 0) is 31.5 Å². The number of hydrogen-bond donors (Lipinski definition) is 1. The van der Waals surface area contributed by atoms with Crippen LogP contribution in [-0.4, -0.2) is 27.3 Å². The molecule has 6 nitrogen and oxygen atoms in total. The summed E-state index contributed by atoms with van der Waals surface area (Å²) in [6.45, 7) is 4.89. The van der Waals surface area contributed by atoms with Gasteiger partial charge in [0.15, 0.2) is 0 Å². The van der Waals surface area contributed by atoms with E-state index in [0.717, 1.165) is 22.6 Å². The topological polar surface area (TPSA) is 63.1 Å². The third-order valence-corrected chi connectivity index (χ3v) is 3.92. The van der Waals surface area contributed by atoms with E-state index >= 15 is 0 Å². The van der Waals surface area contributed by atoms with Gasteiger partial charge < -0.3 is 5.32 Å². The Balaban J connectivity index is 1.76. The highest BCUT2D eigenvalue weighted by Gasteiger charge is 2.18. The number of amides is 2. The summed E-state index contributed by atoms with van der Waals surface area (Å²) < 4.78 is 1.74. The Labute approximate surface area is 147 Å². The van der Waals surface area contributed by atoms with Crippen molar-refractivity contribution in [3.63, 3.8) is 0 Å². The molecule has 0 radical (unpaired) electrons. The van der Waals surface area contributed by atoms with Crippen LogP contribution in [0.4, 0.5) is 10.5 Å². The predicted octanol–water partition coefficient (Wildman–Crippen LogP) is 3.31. The highest BCUT2D eigenvalue weighted by molar-refractivity contribution is 5.92. The first-order valence-electron chi connectivity index (χ1n) is 8.25. The van der Waals surface area contributed by atoms with Crippen LogP contribution in [0.1, 0.15) is 18.2 Å². The fourth-order valence-corrected chi connectivity index (χ4v) is 2.63. The smallest absolute Gasteiger partial charge is 0.322 e. The lowest BCUT2D eigenvalue weighted by atomic mass is 10.2. The normalized spacial score (nSPS) is 10.5. The summed E-state index contributed by atoms with van der Waals surface area (Å²) in [5, 5.41) is 7.47. The van der Waals surface area contributed by atoms with E-state index in [4.69, 9.17) is 0 Å². The molecule has 0 unspecified atom stereocenters. The molecule has 0 atom stereocenters. The van der Waals surface area contributed by atoms with Gasteiger partial charge in [-0.15, -0.1) is 0 Å². The molecule has 0 spiro atoms. The largest absolute Gasteiger partial charge is 0.334 e. The number of benzene rings is 1. The highest BCUT2D eigenvalue weighted by atomic mass is 16.2. The molecule has 2 heterocycles. The summed E-state index contributed by atoms with van der Waals surface area (Å²) in [7, 11) is 0. The second kappa shape index (κ2) is 7.61. The number of nitrogens with zero attached hydrogens (tertiary/aromatic N) is 4. The van der Waals surface area contributed by atoms with E-state index in [1.54, 1.807) is 22.0 Å². The van der Waals surface area contributed by atoms with E-state index < -0.39 is 0 Å². The molecule has 0 aliphatic carbocycles. The van der Waals surface area contributed by atoms with Crippen LogP contribution in [0.3, 0.4) is 0 Å². The standard InChI is InChI=1S/C19H21N5O/c1-3-23(19(25)21-12-16-8-5-4-6-9-16)18-14-24(22-15(18)2)17-10-7-11-20-13-17/h4-11,13-14H,3,12H2,1-2H3,(H,21,25). The molecule has 6 heteroatoms. The van der Waals surface area contributed by atoms with E-state index in [1.807, 2.05) is 62.5 Å². The van der Waals surface area contributed by atoms with Gasteiger partial charge in [-0.2, -0.15) is 5.10 Å². The molecule has 0 aliphatic rings. The molecule has 25 heavy (non-hydrogen) atoms. The van der Waals surface area contributed by atoms with Gasteiger partial charge in [0.05, 0.1) is 29.5 Å². The van der Waals surface area contributed by atoms with Gasteiger partial charge in [-0.25, -0.2) is 9.48 Å². The van der Waals surface area contributed by atoms with Crippen molar-refractivity contribution < 1.29 is 4.79 Å². The van der Waals surface area contributed by atoms with Crippen LogP contribution in [0.15, 0.2) is 61.1 Å². The average Bonchev–Trinajstić information content (AvgIpc) is 3.04. The molecule has 0 aliphatic heterocycles. The van der Waals surface area contributed by atoms with Crippen LogP contribution in [0.2, 0.25) is 0 Å². The van der Waals surface area contributed by atoms with E-state index in [9.17, 15) is 4.79 Å². The van der Waals surface area contributed by atoms with Crippen LogP contribution in [0.25, 0.3) is 5.69 Å². The Bertz CT molecular complexity index is 830. The van der Waals surface area contributed by atoms with Gasteiger partial charge in [0.1, 0.15) is 0 Å². The van der Waals surface area contributed by atoms with Crippen molar-refractivity contribution in [1.29, 1.82) is 0 Å². The summed E-state index contributed by atoms with van der Waals surface area (Å²) in [5.41, 5.74) is 3.50. The average molecular weight is 335 g/mol. The maximum Gasteiger partial charge on any atom is 0.322 e. The minimum atomic E-state index is -0.139. The molecular formula is C19H21N5O. The Morgan fingerprint density at radius 3 is 2.68 bits per heavy atom. The highest BCUT2D eigenvalue weighted by Crippen LogP contribution is 2.21. The Hall–Kier alpha value is -3.15. The molecule has 128 valence electrons. The van der Waals surface area contributed by atoms with E-state index in [-0.39, 0.29) is 6.03 Å². The van der Waals surface area contributed by atoms with Crippen LogP contribution in [-0.2, 0) is 6.54 Å². The summed E-state index contributed by atoms with van der Waals surface area (Å²) in [5.74, 6) is 0. The van der Waals surface area contributed by atoms with E-state index in [0.29, 0.717) is 13.1 Å². The monoisotopic (exact) mass is 335 g/mol. The lowest BCUT2D eigenvalue weighted by Gasteiger charge is -2.20. The second-order valence-corrected chi connectivity index (χ2v) is 5.64. The molecule has 3 aromatic rings. The minimum Gasteiger partial charge on any atom is -0.334 e. The number of anilines is 1. The van der Waals surface area contributed by atoms with Crippen molar-refractivity contribution in [1.82, 2.24) is 20.1 Å². The lowest BCUT2D eigenvalue weighted by Crippen LogP contribution is -2.39. The Morgan fingerprint density at radius 1 is 1.20 bits per heavy atom. The van der Waals surface area contributed by atoms with Gasteiger partial charge in [0, 0.05) is 19.3 Å². The summed E-state index contributed by atoms with van der Waals surface area (Å²) in [4.78, 5) is 18.4. The summed E-state index contributed by atoms with van der Waals surface area (Å²) >= 11 is 0. The number of urea groups is 1. The second-order valence-electron chi connectivity index (χ2n) is 5.64. The molecule has 0 saturated carbocycles. The molecule has 2 amide bonds. The Kier molecular flexibility index (Phi) is 5.09. The maximum absolute atomic E-state index is 12.6. The number of hydrogen-bond acceptors (Lipinski definition) is 3. The third kappa shape index (κ3) is 3.85. The zero-order chi connectivity index (χ0) is 17.6. The first-order valence-corrected chi connectivity index (χ1v) is 8.25. The number of rotatable bonds is 5. The van der Waals surface area contributed by atoms with Crippen molar-refractivity contribution in [2.75, 3.05) is 11.4 Å². The SMILES string of the molecule is CCN(C(=O)NCc1ccccc1)c1cn(-c2cccnc2)nc1C. The quantitative estimate of drug-likeness (QED) is 0.778. The number of carbonyl (C=O) groups excluding carboxylic acids is 1. The first-order chi connectivity index (χ1) is 12.2. The van der Waals surface area contributed by atoms with Crippen molar-refractivity contribution >= 4 is 11.7 Å². The zero-order valence-electron chi connectivity index (χ0n) is 14.4. The minimum absolute atomic E-state index is 0.139. The third-order valence-electron chi connectivity index (χ3n) is 3.92. The van der Waals surface area contributed by atoms with E-state index in [2.05, 4.69) is 15.4 Å². The van der Waals surface area contributed by atoms with Gasteiger partial charge in [-0.3, -0.25) is 9.88 Å². The van der Waals surface area contributed by atoms with Crippen LogP contribution < -0.4 is 10.2 Å². The van der Waals surface area contributed by atoms with Crippen molar-refractivity contribution in [3.8, 4) is 5.69 Å². The van der Waals surface area contributed by atoms with Gasteiger partial charge in [-0.1, -0.05) is 30.3 Å². The molecular weight excluding hydrogens is 314 g/mol. The zero-order valence-corrected chi connectivity index (χ0v) is 14.4. The molecule has 0 bridgehead atoms. The van der Waals surface area contributed by atoms with Crippen molar-refractivity contribution in [2.45, 2.75) is 20.4 Å². The fraction of sp³-hybridized carbons (Fsp3) is 0.211. The Morgan fingerprint density at radius 2 is 2.00 bits per heavy atom. The number of aromatic nitrogens is 3. The molecule has 0 fully saturated rings. The maximum atomic E-state index is 12.6. The fourth-order valence-electron chi connectivity index (χ4n) is 2.63. The van der Waals surface area contributed by atoms with Gasteiger partial charge in [0.2, 0.25) is 0 Å². The van der Waals surface area contributed by atoms with Gasteiger partial charge in [0.25, 0.3) is 0 Å². The predicted molar refractivity (Wildman–Crippen MR) is 97.8 cm³/mol. The first kappa shape index (κ1) is 16.7. The van der Waals surface area contributed by atoms with Crippen LogP contribution in [0.5, 0.6) is 0 Å². The summed E-state index contributed by atoms with van der Waals surface area (Å²) in [6, 6.07) is 13.5. The summed E-state index contributed by atoms with van der Waals surface area (Å²) in [6.07, 6.45) is 5.32. The van der Waals surface area contributed by atoms with Gasteiger partial charge >= 0.3 is 6.03 Å². The number of carbonyl (C=O) groups is 1. The van der Waals surface area contributed by atoms with E-state index in [1.165, 1.54) is 0 Å². The molecule has 0 saturated heterocycles. The molecule has 1 N–H and O–H groups in total.